The molecule has 1 amide bonds. The lowest BCUT2D eigenvalue weighted by Crippen LogP contribution is -2.37. The first-order valence-corrected chi connectivity index (χ1v) is 6.56. The Morgan fingerprint density at radius 1 is 1.40 bits per heavy atom. The number of rotatable bonds is 5. The van der Waals surface area contributed by atoms with E-state index in [2.05, 4.69) is 10.1 Å². The minimum atomic E-state index is -1.18. The molecular formula is C12H16N2O5S. The Balaban J connectivity index is 2.98. The van der Waals surface area contributed by atoms with Crippen LogP contribution in [0.1, 0.15) is 27.2 Å². The SMILES string of the molecule is COC(=O)c1c(NC(=O)C(N)CC(=O)O)sc(C)c1C. The summed E-state index contributed by atoms with van der Waals surface area (Å²) in [6, 6.07) is -1.18. The zero-order valence-electron chi connectivity index (χ0n) is 11.4. The van der Waals surface area contributed by atoms with Crippen LogP contribution >= 0.6 is 11.3 Å². The van der Waals surface area contributed by atoms with E-state index >= 15 is 0 Å². The van der Waals surface area contributed by atoms with Crippen LogP contribution in [0.25, 0.3) is 0 Å². The van der Waals surface area contributed by atoms with Crippen molar-refractivity contribution in [1.29, 1.82) is 0 Å². The number of ether oxygens (including phenoxy) is 1. The number of nitrogens with one attached hydrogen (secondary N) is 1. The van der Waals surface area contributed by atoms with Gasteiger partial charge in [0.25, 0.3) is 0 Å². The smallest absolute Gasteiger partial charge is 0.341 e. The van der Waals surface area contributed by atoms with Crippen LogP contribution in [-0.2, 0) is 14.3 Å². The van der Waals surface area contributed by atoms with Crippen LogP contribution < -0.4 is 11.1 Å². The number of methoxy groups -OCH3 is 1. The summed E-state index contributed by atoms with van der Waals surface area (Å²) >= 11 is 1.21. The molecule has 0 fully saturated rings. The van der Waals surface area contributed by atoms with Crippen LogP contribution in [0.4, 0.5) is 5.00 Å². The minimum Gasteiger partial charge on any atom is -0.481 e. The number of nitrogens with two attached hydrogens (primary N) is 1. The number of thiophene rings is 1. The molecule has 0 aliphatic rings. The fraction of sp³-hybridized carbons (Fsp3) is 0.417. The highest BCUT2D eigenvalue weighted by Gasteiger charge is 2.24. The van der Waals surface area contributed by atoms with Gasteiger partial charge in [0.2, 0.25) is 5.91 Å². The Kier molecular flexibility index (Phi) is 5.23. The predicted molar refractivity (Wildman–Crippen MR) is 74.0 cm³/mol. The number of carboxylic acids is 1. The number of aliphatic carboxylic acids is 1. The fourth-order valence-electron chi connectivity index (χ4n) is 1.55. The maximum atomic E-state index is 11.8. The largest absolute Gasteiger partial charge is 0.481 e. The summed E-state index contributed by atoms with van der Waals surface area (Å²) in [6.45, 7) is 3.55. The van der Waals surface area contributed by atoms with Gasteiger partial charge in [0.15, 0.2) is 0 Å². The first-order valence-electron chi connectivity index (χ1n) is 5.74. The molecule has 4 N–H and O–H groups in total. The number of hydrogen-bond acceptors (Lipinski definition) is 6. The van der Waals surface area contributed by atoms with Crippen molar-refractivity contribution in [2.45, 2.75) is 26.3 Å². The van der Waals surface area contributed by atoms with Crippen molar-refractivity contribution in [3.8, 4) is 0 Å². The first-order chi connectivity index (χ1) is 9.27. The van der Waals surface area contributed by atoms with Crippen molar-refractivity contribution in [3.63, 3.8) is 0 Å². The van der Waals surface area contributed by atoms with Crippen molar-refractivity contribution < 1.29 is 24.2 Å². The highest BCUT2D eigenvalue weighted by Crippen LogP contribution is 2.32. The molecule has 110 valence electrons. The normalized spacial score (nSPS) is 11.8. The summed E-state index contributed by atoms with van der Waals surface area (Å²) in [6.07, 6.45) is -0.483. The van der Waals surface area contributed by atoms with Gasteiger partial charge in [0.1, 0.15) is 5.00 Å². The summed E-state index contributed by atoms with van der Waals surface area (Å²) in [4.78, 5) is 34.9. The quantitative estimate of drug-likeness (QED) is 0.695. The van der Waals surface area contributed by atoms with Crippen molar-refractivity contribution >= 4 is 34.2 Å². The molecule has 1 atom stereocenters. The van der Waals surface area contributed by atoms with Crippen LogP contribution in [-0.4, -0.2) is 36.1 Å². The van der Waals surface area contributed by atoms with Gasteiger partial charge < -0.3 is 20.9 Å². The summed E-state index contributed by atoms with van der Waals surface area (Å²) in [5.74, 6) is -2.38. The predicted octanol–water partition coefficient (Wildman–Crippen LogP) is 0.892. The van der Waals surface area contributed by atoms with Gasteiger partial charge in [-0.1, -0.05) is 0 Å². The van der Waals surface area contributed by atoms with E-state index in [1.165, 1.54) is 18.4 Å². The monoisotopic (exact) mass is 300 g/mol. The molecule has 0 aliphatic carbocycles. The van der Waals surface area contributed by atoms with Gasteiger partial charge >= 0.3 is 11.9 Å². The molecule has 1 aromatic rings. The molecule has 1 aromatic heterocycles. The second-order valence-corrected chi connectivity index (χ2v) is 5.40. The molecular weight excluding hydrogens is 284 g/mol. The van der Waals surface area contributed by atoms with Crippen LogP contribution in [0.3, 0.4) is 0 Å². The maximum Gasteiger partial charge on any atom is 0.341 e. The molecule has 0 aliphatic heterocycles. The Morgan fingerprint density at radius 2 is 2.00 bits per heavy atom. The number of anilines is 1. The lowest BCUT2D eigenvalue weighted by Gasteiger charge is -2.10. The third-order valence-electron chi connectivity index (χ3n) is 2.74. The minimum absolute atomic E-state index is 0.269. The van der Waals surface area contributed by atoms with Gasteiger partial charge in [-0.3, -0.25) is 9.59 Å². The molecule has 8 heteroatoms. The van der Waals surface area contributed by atoms with Crippen molar-refractivity contribution in [2.75, 3.05) is 12.4 Å². The van der Waals surface area contributed by atoms with Crippen LogP contribution in [0.5, 0.6) is 0 Å². The van der Waals surface area contributed by atoms with Gasteiger partial charge in [0.05, 0.1) is 25.1 Å². The Hall–Kier alpha value is -1.93. The van der Waals surface area contributed by atoms with Crippen LogP contribution in [0, 0.1) is 13.8 Å². The Morgan fingerprint density at radius 3 is 2.50 bits per heavy atom. The van der Waals surface area contributed by atoms with Crippen molar-refractivity contribution in [3.05, 3.63) is 16.0 Å². The zero-order chi connectivity index (χ0) is 15.4. The molecule has 0 spiro atoms. The number of carbonyl (C=O) groups excluding carboxylic acids is 2. The number of esters is 1. The van der Waals surface area contributed by atoms with Gasteiger partial charge in [-0.05, 0) is 19.4 Å². The molecule has 7 nitrogen and oxygen atoms in total. The lowest BCUT2D eigenvalue weighted by molar-refractivity contribution is -0.138. The van der Waals surface area contributed by atoms with Gasteiger partial charge in [-0.2, -0.15) is 0 Å². The van der Waals surface area contributed by atoms with Gasteiger partial charge in [0, 0.05) is 4.88 Å². The Labute approximate surface area is 119 Å². The first kappa shape index (κ1) is 16.1. The molecule has 20 heavy (non-hydrogen) atoms. The highest BCUT2D eigenvalue weighted by molar-refractivity contribution is 7.16. The number of carbonyl (C=O) groups is 3. The molecule has 0 radical (unpaired) electrons. The molecule has 0 saturated carbocycles. The van der Waals surface area contributed by atoms with Gasteiger partial charge in [-0.25, -0.2) is 4.79 Å². The molecule has 1 heterocycles. The van der Waals surface area contributed by atoms with E-state index < -0.39 is 30.3 Å². The molecule has 1 unspecified atom stereocenters. The van der Waals surface area contributed by atoms with E-state index in [4.69, 9.17) is 10.8 Å². The standard InChI is InChI=1S/C12H16N2O5S/c1-5-6(2)20-11(9(5)12(18)19-3)14-10(17)7(13)4-8(15)16/h7H,4,13H2,1-3H3,(H,14,17)(H,15,16). The summed E-state index contributed by atoms with van der Waals surface area (Å²) in [5.41, 5.74) is 6.45. The number of carboxylic acid groups (broad SMARTS) is 1. The average molecular weight is 300 g/mol. The van der Waals surface area contributed by atoms with E-state index in [0.29, 0.717) is 10.6 Å². The summed E-state index contributed by atoms with van der Waals surface area (Å²) < 4.78 is 4.67. The summed E-state index contributed by atoms with van der Waals surface area (Å²) in [7, 11) is 1.25. The lowest BCUT2D eigenvalue weighted by atomic mass is 10.1. The van der Waals surface area contributed by atoms with Gasteiger partial charge in [-0.15, -0.1) is 11.3 Å². The second kappa shape index (κ2) is 6.49. The van der Waals surface area contributed by atoms with Crippen molar-refractivity contribution in [1.82, 2.24) is 0 Å². The Bertz CT molecular complexity index is 552. The third kappa shape index (κ3) is 3.55. The van der Waals surface area contributed by atoms with Crippen LogP contribution in [0.15, 0.2) is 0 Å². The average Bonchev–Trinajstić information content (AvgIpc) is 2.63. The molecule has 0 saturated heterocycles. The van der Waals surface area contributed by atoms with Crippen LogP contribution in [0.2, 0.25) is 0 Å². The maximum absolute atomic E-state index is 11.8. The third-order valence-corrected chi connectivity index (χ3v) is 3.87. The van der Waals surface area contributed by atoms with E-state index in [-0.39, 0.29) is 5.56 Å². The molecule has 0 aromatic carbocycles. The van der Waals surface area contributed by atoms with E-state index in [1.807, 2.05) is 0 Å². The fourth-order valence-corrected chi connectivity index (χ4v) is 2.60. The van der Waals surface area contributed by atoms with E-state index in [0.717, 1.165) is 4.88 Å². The zero-order valence-corrected chi connectivity index (χ0v) is 12.2. The number of hydrogen-bond donors (Lipinski definition) is 3. The van der Waals surface area contributed by atoms with E-state index in [1.54, 1.807) is 13.8 Å². The van der Waals surface area contributed by atoms with Crippen molar-refractivity contribution in [2.24, 2.45) is 5.73 Å². The molecule has 0 bridgehead atoms. The number of aryl methyl sites for hydroxylation is 1. The highest BCUT2D eigenvalue weighted by atomic mass is 32.1. The molecule has 1 rings (SSSR count). The topological polar surface area (TPSA) is 119 Å². The second-order valence-electron chi connectivity index (χ2n) is 4.17. The summed E-state index contributed by atoms with van der Waals surface area (Å²) in [5, 5.41) is 11.4. The number of amides is 1. The van der Waals surface area contributed by atoms with E-state index in [9.17, 15) is 14.4 Å².